The van der Waals surface area contributed by atoms with Crippen LogP contribution in [-0.4, -0.2) is 65.8 Å². The summed E-state index contributed by atoms with van der Waals surface area (Å²) >= 11 is 0. The molecule has 1 rings (SSSR count). The summed E-state index contributed by atoms with van der Waals surface area (Å²) in [6, 6.07) is 0.283. The zero-order valence-electron chi connectivity index (χ0n) is 10.9. The fourth-order valence-corrected chi connectivity index (χ4v) is 2.28. The monoisotopic (exact) mass is 229 g/mol. The topological polar surface area (TPSA) is 52.7 Å². The van der Waals surface area contributed by atoms with Crippen molar-refractivity contribution in [1.82, 2.24) is 9.80 Å². The van der Waals surface area contributed by atoms with Crippen molar-refractivity contribution in [2.24, 2.45) is 5.73 Å². The number of hydrogen-bond acceptors (Lipinski definition) is 4. The highest BCUT2D eigenvalue weighted by Crippen LogP contribution is 2.09. The molecule has 1 heterocycles. The van der Waals surface area contributed by atoms with Crippen LogP contribution in [0.1, 0.15) is 27.2 Å². The summed E-state index contributed by atoms with van der Waals surface area (Å²) in [4.78, 5) is 4.80. The van der Waals surface area contributed by atoms with Crippen LogP contribution in [0, 0.1) is 0 Å². The number of hydrogen-bond donors (Lipinski definition) is 2. The number of aliphatic hydroxyl groups excluding tert-OH is 1. The van der Waals surface area contributed by atoms with E-state index in [1.54, 1.807) is 0 Å². The number of rotatable bonds is 4. The molecule has 16 heavy (non-hydrogen) atoms. The van der Waals surface area contributed by atoms with Gasteiger partial charge in [0.2, 0.25) is 0 Å². The smallest absolute Gasteiger partial charge is 0.0584 e. The van der Waals surface area contributed by atoms with Gasteiger partial charge >= 0.3 is 0 Å². The minimum absolute atomic E-state index is 0.113. The Labute approximate surface area is 99.4 Å². The Balaban J connectivity index is 2.40. The molecule has 96 valence electrons. The molecule has 0 aromatic carbocycles. The minimum atomic E-state index is -0.113. The Kier molecular flexibility index (Phi) is 5.18. The second-order valence-electron chi connectivity index (χ2n) is 5.69. The van der Waals surface area contributed by atoms with Crippen molar-refractivity contribution in [3.8, 4) is 0 Å². The second kappa shape index (κ2) is 5.96. The lowest BCUT2D eigenvalue weighted by molar-refractivity contribution is 0.135. The first-order valence-corrected chi connectivity index (χ1v) is 6.28. The molecule has 1 atom stereocenters. The van der Waals surface area contributed by atoms with Gasteiger partial charge in [0.15, 0.2) is 0 Å². The molecule has 0 aromatic heterocycles. The van der Waals surface area contributed by atoms with Crippen LogP contribution in [0.3, 0.4) is 0 Å². The molecule has 0 radical (unpaired) electrons. The summed E-state index contributed by atoms with van der Waals surface area (Å²) in [7, 11) is 0. The van der Waals surface area contributed by atoms with Gasteiger partial charge in [-0.05, 0) is 40.3 Å². The van der Waals surface area contributed by atoms with Crippen molar-refractivity contribution in [2.75, 3.05) is 39.3 Å². The maximum absolute atomic E-state index is 9.16. The molecule has 1 fully saturated rings. The quantitative estimate of drug-likeness (QED) is 0.718. The highest BCUT2D eigenvalue weighted by Gasteiger charge is 2.21. The van der Waals surface area contributed by atoms with Crippen LogP contribution in [-0.2, 0) is 0 Å². The maximum Gasteiger partial charge on any atom is 0.0584 e. The number of aliphatic hydroxyl groups is 1. The van der Waals surface area contributed by atoms with Crippen molar-refractivity contribution in [3.63, 3.8) is 0 Å². The normalized spacial score (nSPS) is 23.1. The van der Waals surface area contributed by atoms with E-state index in [9.17, 15) is 0 Å². The van der Waals surface area contributed by atoms with Gasteiger partial charge in [0.25, 0.3) is 0 Å². The molecule has 0 spiro atoms. The summed E-state index contributed by atoms with van der Waals surface area (Å²) in [6.45, 7) is 11.7. The molecule has 0 aromatic rings. The van der Waals surface area contributed by atoms with Gasteiger partial charge in [-0.1, -0.05) is 0 Å². The van der Waals surface area contributed by atoms with Gasteiger partial charge in [-0.3, -0.25) is 4.90 Å². The van der Waals surface area contributed by atoms with Gasteiger partial charge in [0.05, 0.1) is 6.61 Å². The Morgan fingerprint density at radius 2 is 1.94 bits per heavy atom. The van der Waals surface area contributed by atoms with Crippen LogP contribution < -0.4 is 5.73 Å². The fraction of sp³-hybridized carbons (Fsp3) is 1.00. The molecular weight excluding hydrogens is 202 g/mol. The van der Waals surface area contributed by atoms with Crippen molar-refractivity contribution in [1.29, 1.82) is 0 Å². The van der Waals surface area contributed by atoms with Crippen molar-refractivity contribution in [3.05, 3.63) is 0 Å². The molecule has 1 saturated heterocycles. The molecule has 1 aliphatic heterocycles. The Hall–Kier alpha value is -0.160. The van der Waals surface area contributed by atoms with E-state index in [0.29, 0.717) is 0 Å². The zero-order valence-corrected chi connectivity index (χ0v) is 10.9. The van der Waals surface area contributed by atoms with Crippen LogP contribution in [0.15, 0.2) is 0 Å². The summed E-state index contributed by atoms with van der Waals surface area (Å²) in [5.41, 5.74) is 5.93. The molecule has 3 N–H and O–H groups in total. The van der Waals surface area contributed by atoms with E-state index in [2.05, 4.69) is 30.6 Å². The zero-order chi connectivity index (χ0) is 12.2. The summed E-state index contributed by atoms with van der Waals surface area (Å²) in [6.07, 6.45) is 1.17. The largest absolute Gasteiger partial charge is 0.395 e. The second-order valence-corrected chi connectivity index (χ2v) is 5.69. The third-order valence-corrected chi connectivity index (χ3v) is 3.14. The van der Waals surface area contributed by atoms with Gasteiger partial charge in [-0.2, -0.15) is 0 Å². The molecule has 4 heteroatoms. The molecule has 0 saturated carbocycles. The molecule has 1 aliphatic rings. The molecular formula is C12H27N3O. The van der Waals surface area contributed by atoms with Crippen molar-refractivity contribution in [2.45, 2.75) is 38.8 Å². The third kappa shape index (κ3) is 4.78. The molecule has 0 bridgehead atoms. The lowest BCUT2D eigenvalue weighted by atomic mass is 10.1. The van der Waals surface area contributed by atoms with E-state index >= 15 is 0 Å². The number of nitrogens with zero attached hydrogens (tertiary/aromatic N) is 2. The SMILES string of the molecule is CC(CO)N1CCCN(CC(C)(C)N)CC1. The standard InChI is InChI=1S/C12H27N3O/c1-11(9-16)15-6-4-5-14(7-8-15)10-12(2,3)13/h11,16H,4-10,13H2,1-3H3. The Morgan fingerprint density at radius 1 is 1.25 bits per heavy atom. The summed E-state index contributed by atoms with van der Waals surface area (Å²) < 4.78 is 0. The molecule has 0 aliphatic carbocycles. The molecule has 1 unspecified atom stereocenters. The van der Waals surface area contributed by atoms with Gasteiger partial charge in [-0.15, -0.1) is 0 Å². The highest BCUT2D eigenvalue weighted by atomic mass is 16.3. The van der Waals surface area contributed by atoms with Crippen LogP contribution in [0.5, 0.6) is 0 Å². The lowest BCUT2D eigenvalue weighted by Crippen LogP contribution is -2.46. The Morgan fingerprint density at radius 3 is 2.50 bits per heavy atom. The van der Waals surface area contributed by atoms with Gasteiger partial charge < -0.3 is 15.7 Å². The summed E-state index contributed by atoms with van der Waals surface area (Å²) in [5.74, 6) is 0. The highest BCUT2D eigenvalue weighted by molar-refractivity contribution is 4.80. The van der Waals surface area contributed by atoms with Crippen molar-refractivity contribution < 1.29 is 5.11 Å². The fourth-order valence-electron chi connectivity index (χ4n) is 2.28. The predicted molar refractivity (Wildman–Crippen MR) is 67.4 cm³/mol. The summed E-state index contributed by atoms with van der Waals surface area (Å²) in [5, 5.41) is 9.16. The maximum atomic E-state index is 9.16. The molecule has 0 amide bonds. The van der Waals surface area contributed by atoms with E-state index in [1.807, 2.05) is 0 Å². The predicted octanol–water partition coefficient (Wildman–Crippen LogP) is 0.112. The van der Waals surface area contributed by atoms with Crippen molar-refractivity contribution >= 4 is 0 Å². The Bertz CT molecular complexity index is 203. The van der Waals surface area contributed by atoms with Gasteiger partial charge in [0, 0.05) is 31.2 Å². The average molecular weight is 229 g/mol. The first-order chi connectivity index (χ1) is 7.42. The number of nitrogens with two attached hydrogens (primary N) is 1. The van der Waals surface area contributed by atoms with Crippen LogP contribution >= 0.6 is 0 Å². The van der Waals surface area contributed by atoms with E-state index in [1.165, 1.54) is 6.42 Å². The molecule has 4 nitrogen and oxygen atoms in total. The first-order valence-electron chi connectivity index (χ1n) is 6.28. The minimum Gasteiger partial charge on any atom is -0.395 e. The van der Waals surface area contributed by atoms with Crippen LogP contribution in [0.4, 0.5) is 0 Å². The third-order valence-electron chi connectivity index (χ3n) is 3.14. The van der Waals surface area contributed by atoms with E-state index < -0.39 is 0 Å². The van der Waals surface area contributed by atoms with E-state index in [4.69, 9.17) is 10.8 Å². The van der Waals surface area contributed by atoms with E-state index in [-0.39, 0.29) is 18.2 Å². The van der Waals surface area contributed by atoms with Gasteiger partial charge in [-0.25, -0.2) is 0 Å². The van der Waals surface area contributed by atoms with Gasteiger partial charge in [0.1, 0.15) is 0 Å². The lowest BCUT2D eigenvalue weighted by Gasteiger charge is -2.29. The average Bonchev–Trinajstić information content (AvgIpc) is 2.40. The van der Waals surface area contributed by atoms with Crippen LogP contribution in [0.2, 0.25) is 0 Å². The first kappa shape index (κ1) is 13.9. The van der Waals surface area contributed by atoms with E-state index in [0.717, 1.165) is 32.7 Å². The van der Waals surface area contributed by atoms with Crippen LogP contribution in [0.25, 0.3) is 0 Å².